The fourth-order valence-electron chi connectivity index (χ4n) is 2.21. The zero-order chi connectivity index (χ0) is 19.9. The summed E-state index contributed by atoms with van der Waals surface area (Å²) in [6, 6.07) is 0.937. The molecule has 2 aromatic rings. The lowest BCUT2D eigenvalue weighted by Gasteiger charge is -2.19. The number of nitro groups is 1. The predicted molar refractivity (Wildman–Crippen MR) is 77.1 cm³/mol. The SMILES string of the molecule is CC(C)c1oncc1C(=O)c1ccc(C(F)(F)C(F)(F)F)cc1[N+](=O)[O-]. The number of hydrogen-bond acceptors (Lipinski definition) is 5. The number of carbonyl (C=O) groups excluding carboxylic acids is 1. The smallest absolute Gasteiger partial charge is 0.360 e. The van der Waals surface area contributed by atoms with Gasteiger partial charge in [0.05, 0.1) is 16.7 Å². The van der Waals surface area contributed by atoms with Crippen LogP contribution in [0.15, 0.2) is 28.9 Å². The number of carbonyl (C=O) groups is 1. The number of rotatable bonds is 5. The van der Waals surface area contributed by atoms with Crippen LogP contribution in [0.3, 0.4) is 0 Å². The summed E-state index contributed by atoms with van der Waals surface area (Å²) >= 11 is 0. The van der Waals surface area contributed by atoms with Gasteiger partial charge in [-0.15, -0.1) is 0 Å². The van der Waals surface area contributed by atoms with Gasteiger partial charge >= 0.3 is 12.1 Å². The minimum Gasteiger partial charge on any atom is -0.360 e. The Morgan fingerprint density at radius 3 is 2.31 bits per heavy atom. The molecule has 0 radical (unpaired) electrons. The van der Waals surface area contributed by atoms with Crippen LogP contribution in [0.25, 0.3) is 0 Å². The summed E-state index contributed by atoms with van der Waals surface area (Å²) in [5.74, 6) is -6.48. The second-order valence-corrected chi connectivity index (χ2v) is 5.65. The molecule has 6 nitrogen and oxygen atoms in total. The Morgan fingerprint density at radius 1 is 1.19 bits per heavy atom. The molecule has 1 aromatic carbocycles. The summed E-state index contributed by atoms with van der Waals surface area (Å²) in [5, 5.41) is 14.6. The topological polar surface area (TPSA) is 86.2 Å². The van der Waals surface area contributed by atoms with E-state index in [2.05, 4.69) is 5.16 Å². The van der Waals surface area contributed by atoms with E-state index in [1.54, 1.807) is 13.8 Å². The molecule has 0 aliphatic heterocycles. The molecular weight excluding hydrogens is 367 g/mol. The summed E-state index contributed by atoms with van der Waals surface area (Å²) in [5.41, 5.74) is -3.60. The summed E-state index contributed by atoms with van der Waals surface area (Å²) in [6.07, 6.45) is -4.94. The number of ketones is 1. The van der Waals surface area contributed by atoms with E-state index in [0.29, 0.717) is 12.1 Å². The Balaban J connectivity index is 2.59. The van der Waals surface area contributed by atoms with Gasteiger partial charge in [-0.05, 0) is 6.07 Å². The molecule has 0 fully saturated rings. The van der Waals surface area contributed by atoms with Crippen LogP contribution < -0.4 is 0 Å². The molecule has 0 spiro atoms. The summed E-state index contributed by atoms with van der Waals surface area (Å²) in [7, 11) is 0. The highest BCUT2D eigenvalue weighted by atomic mass is 19.4. The van der Waals surface area contributed by atoms with Gasteiger partial charge in [-0.1, -0.05) is 25.1 Å². The highest BCUT2D eigenvalue weighted by Crippen LogP contribution is 2.45. The third-order valence-electron chi connectivity index (χ3n) is 3.52. The quantitative estimate of drug-likeness (QED) is 0.329. The minimum absolute atomic E-state index is 0.0449. The van der Waals surface area contributed by atoms with Crippen molar-refractivity contribution in [2.45, 2.75) is 31.9 Å². The zero-order valence-corrected chi connectivity index (χ0v) is 13.3. The van der Waals surface area contributed by atoms with E-state index in [1.165, 1.54) is 0 Å². The van der Waals surface area contributed by atoms with Crippen molar-refractivity contribution in [2.75, 3.05) is 0 Å². The van der Waals surface area contributed by atoms with Gasteiger partial charge in [-0.3, -0.25) is 14.9 Å². The Morgan fingerprint density at radius 2 is 1.81 bits per heavy atom. The van der Waals surface area contributed by atoms with E-state index in [9.17, 15) is 36.9 Å². The number of nitrogens with zero attached hydrogens (tertiary/aromatic N) is 2. The maximum absolute atomic E-state index is 13.4. The Hall–Kier alpha value is -2.85. The number of aromatic nitrogens is 1. The molecule has 0 N–H and O–H groups in total. The van der Waals surface area contributed by atoms with Crippen molar-refractivity contribution in [3.8, 4) is 0 Å². The molecule has 0 aliphatic rings. The van der Waals surface area contributed by atoms with Crippen molar-refractivity contribution in [1.29, 1.82) is 0 Å². The van der Waals surface area contributed by atoms with Gasteiger partial charge < -0.3 is 4.52 Å². The maximum atomic E-state index is 13.4. The van der Waals surface area contributed by atoms with Crippen molar-refractivity contribution in [1.82, 2.24) is 5.16 Å². The van der Waals surface area contributed by atoms with E-state index in [0.717, 1.165) is 6.20 Å². The van der Waals surface area contributed by atoms with E-state index >= 15 is 0 Å². The first kappa shape index (κ1) is 19.5. The van der Waals surface area contributed by atoms with E-state index in [-0.39, 0.29) is 23.3 Å². The lowest BCUT2D eigenvalue weighted by Crippen LogP contribution is -2.33. The number of alkyl halides is 5. The van der Waals surface area contributed by atoms with E-state index in [1.807, 2.05) is 0 Å². The fraction of sp³-hybridized carbons (Fsp3) is 0.333. The van der Waals surface area contributed by atoms with Crippen molar-refractivity contribution < 1.29 is 36.2 Å². The monoisotopic (exact) mass is 378 g/mol. The van der Waals surface area contributed by atoms with Crippen molar-refractivity contribution in [3.63, 3.8) is 0 Å². The molecule has 140 valence electrons. The number of benzene rings is 1. The van der Waals surface area contributed by atoms with Crippen LogP contribution >= 0.6 is 0 Å². The van der Waals surface area contributed by atoms with Gasteiger partial charge in [0.25, 0.3) is 5.69 Å². The molecule has 0 unspecified atom stereocenters. The van der Waals surface area contributed by atoms with Crippen LogP contribution in [0.5, 0.6) is 0 Å². The average molecular weight is 378 g/mol. The van der Waals surface area contributed by atoms with Crippen LogP contribution in [-0.2, 0) is 5.92 Å². The molecule has 0 aliphatic carbocycles. The van der Waals surface area contributed by atoms with Crippen molar-refractivity contribution in [2.24, 2.45) is 0 Å². The molecule has 0 bridgehead atoms. The number of halogens is 5. The second kappa shape index (κ2) is 6.46. The highest BCUT2D eigenvalue weighted by molar-refractivity contribution is 6.12. The fourth-order valence-corrected chi connectivity index (χ4v) is 2.21. The first-order valence-electron chi connectivity index (χ1n) is 7.10. The molecule has 11 heteroatoms. The van der Waals surface area contributed by atoms with Gasteiger partial charge in [0, 0.05) is 17.5 Å². The van der Waals surface area contributed by atoms with Crippen LogP contribution in [0.1, 0.15) is 47.0 Å². The van der Waals surface area contributed by atoms with Crippen LogP contribution in [0.4, 0.5) is 27.6 Å². The lowest BCUT2D eigenvalue weighted by atomic mass is 9.96. The average Bonchev–Trinajstić information content (AvgIpc) is 3.02. The third kappa shape index (κ3) is 3.28. The number of hydrogen-bond donors (Lipinski definition) is 0. The van der Waals surface area contributed by atoms with Crippen molar-refractivity contribution >= 4 is 11.5 Å². The molecule has 26 heavy (non-hydrogen) atoms. The maximum Gasteiger partial charge on any atom is 0.458 e. The first-order chi connectivity index (χ1) is 11.9. The van der Waals surface area contributed by atoms with E-state index < -0.39 is 39.6 Å². The minimum atomic E-state index is -5.94. The van der Waals surface area contributed by atoms with Crippen LogP contribution in [0.2, 0.25) is 0 Å². The molecule has 0 amide bonds. The van der Waals surface area contributed by atoms with Gasteiger partial charge in [0.1, 0.15) is 11.3 Å². The Bertz CT molecular complexity index is 858. The molecule has 2 rings (SSSR count). The van der Waals surface area contributed by atoms with Gasteiger partial charge in [-0.2, -0.15) is 22.0 Å². The Labute approximate surface area is 142 Å². The van der Waals surface area contributed by atoms with Gasteiger partial charge in [0.2, 0.25) is 5.78 Å². The molecule has 0 saturated carbocycles. The normalized spacial score (nSPS) is 12.5. The van der Waals surface area contributed by atoms with Gasteiger partial charge in [0.15, 0.2) is 0 Å². The molecule has 1 heterocycles. The molecule has 0 atom stereocenters. The first-order valence-corrected chi connectivity index (χ1v) is 7.10. The third-order valence-corrected chi connectivity index (χ3v) is 3.52. The summed E-state index contributed by atoms with van der Waals surface area (Å²) in [6.45, 7) is 3.30. The summed E-state index contributed by atoms with van der Waals surface area (Å²) < 4.78 is 69.1. The van der Waals surface area contributed by atoms with E-state index in [4.69, 9.17) is 4.52 Å². The largest absolute Gasteiger partial charge is 0.458 e. The van der Waals surface area contributed by atoms with Gasteiger partial charge in [-0.25, -0.2) is 0 Å². The summed E-state index contributed by atoms with van der Waals surface area (Å²) in [4.78, 5) is 22.4. The second-order valence-electron chi connectivity index (χ2n) is 5.65. The molecule has 1 aromatic heterocycles. The zero-order valence-electron chi connectivity index (χ0n) is 13.3. The molecule has 0 saturated heterocycles. The predicted octanol–water partition coefficient (Wildman–Crippen LogP) is 4.59. The standard InChI is InChI=1S/C15H11F5N2O4/c1-7(2)13-10(6-21-26-13)12(23)9-4-3-8(5-11(9)22(24)25)14(16,17)15(18,19)20/h3-7H,1-2H3. The number of nitro benzene ring substituents is 1. The highest BCUT2D eigenvalue weighted by Gasteiger charge is 2.59. The molecular formula is C15H11F5N2O4. The van der Waals surface area contributed by atoms with Crippen molar-refractivity contribution in [3.05, 3.63) is 57.0 Å². The Kier molecular flexibility index (Phi) is 4.84. The lowest BCUT2D eigenvalue weighted by molar-refractivity contribution is -0.385. The van der Waals surface area contributed by atoms with Crippen LogP contribution in [-0.4, -0.2) is 22.0 Å². The van der Waals surface area contributed by atoms with Crippen LogP contribution in [0, 0.1) is 10.1 Å².